The molecule has 0 bridgehead atoms. The molecule has 0 fully saturated rings. The van der Waals surface area contributed by atoms with Crippen LogP contribution in [-0.4, -0.2) is 18.0 Å². The van der Waals surface area contributed by atoms with Crippen molar-refractivity contribution in [2.24, 2.45) is 15.9 Å². The second-order valence-corrected chi connectivity index (χ2v) is 7.31. The van der Waals surface area contributed by atoms with Crippen molar-refractivity contribution >= 4 is 23.1 Å². The summed E-state index contributed by atoms with van der Waals surface area (Å²) >= 11 is 1.48. The van der Waals surface area contributed by atoms with Crippen molar-refractivity contribution < 1.29 is 4.74 Å². The number of benzene rings is 2. The lowest BCUT2D eigenvalue weighted by atomic mass is 10.1. The maximum atomic E-state index is 5.89. The SMILES string of the molecule is CCCCCCOCc1ccc(C=NN=C(N)SCc2ccccc2)cc1. The smallest absolute Gasteiger partial charge is 0.180 e. The minimum absolute atomic E-state index is 0.461. The molecule has 0 unspecified atom stereocenters. The minimum atomic E-state index is 0.461. The molecule has 0 aliphatic rings. The van der Waals surface area contributed by atoms with Gasteiger partial charge in [0.2, 0.25) is 0 Å². The van der Waals surface area contributed by atoms with Gasteiger partial charge in [-0.2, -0.15) is 5.10 Å². The lowest BCUT2D eigenvalue weighted by Gasteiger charge is -2.04. The van der Waals surface area contributed by atoms with Gasteiger partial charge in [-0.25, -0.2) is 0 Å². The molecule has 2 N–H and O–H groups in total. The molecule has 0 spiro atoms. The number of amidine groups is 1. The maximum Gasteiger partial charge on any atom is 0.180 e. The highest BCUT2D eigenvalue weighted by Crippen LogP contribution is 2.11. The number of unbranched alkanes of at least 4 members (excludes halogenated alkanes) is 3. The largest absolute Gasteiger partial charge is 0.377 e. The van der Waals surface area contributed by atoms with Crippen LogP contribution in [0.4, 0.5) is 0 Å². The number of hydrogen-bond donors (Lipinski definition) is 1. The van der Waals surface area contributed by atoms with Crippen molar-refractivity contribution in [1.82, 2.24) is 0 Å². The summed E-state index contributed by atoms with van der Waals surface area (Å²) in [6, 6.07) is 18.3. The second kappa shape index (κ2) is 13.1. The summed E-state index contributed by atoms with van der Waals surface area (Å²) in [5.41, 5.74) is 9.27. The summed E-state index contributed by atoms with van der Waals surface area (Å²) < 4.78 is 5.71. The minimum Gasteiger partial charge on any atom is -0.377 e. The van der Waals surface area contributed by atoms with Gasteiger partial charge in [-0.1, -0.05) is 92.5 Å². The van der Waals surface area contributed by atoms with Crippen molar-refractivity contribution in [3.63, 3.8) is 0 Å². The van der Waals surface area contributed by atoms with E-state index in [1.165, 1.54) is 42.2 Å². The normalized spacial score (nSPS) is 12.0. The zero-order valence-electron chi connectivity index (χ0n) is 16.0. The third kappa shape index (κ3) is 9.40. The predicted octanol–water partition coefficient (Wildman–Crippen LogP) is 5.37. The molecule has 2 aromatic carbocycles. The molecule has 0 amide bonds. The van der Waals surface area contributed by atoms with E-state index in [0.717, 1.165) is 24.3 Å². The van der Waals surface area contributed by atoms with Crippen LogP contribution in [0.3, 0.4) is 0 Å². The Morgan fingerprint density at radius 2 is 1.78 bits per heavy atom. The Hall–Kier alpha value is -2.11. The van der Waals surface area contributed by atoms with Gasteiger partial charge in [-0.3, -0.25) is 0 Å². The first-order chi connectivity index (χ1) is 13.3. The fraction of sp³-hybridized carbons (Fsp3) is 0.364. The Morgan fingerprint density at radius 3 is 2.52 bits per heavy atom. The standard InChI is InChI=1S/C22H29N3OS/c1-2-3-4-8-15-26-17-20-13-11-19(12-14-20)16-24-25-22(23)27-18-21-9-6-5-7-10-21/h5-7,9-14,16H,2-4,8,15,17-18H2,1H3,(H2,23,25). The number of thioether (sulfide) groups is 1. The number of nitrogens with two attached hydrogens (primary N) is 1. The Bertz CT molecular complexity index is 699. The topological polar surface area (TPSA) is 60.0 Å². The van der Waals surface area contributed by atoms with Crippen molar-refractivity contribution in [1.29, 1.82) is 0 Å². The molecule has 5 heteroatoms. The van der Waals surface area contributed by atoms with Crippen LogP contribution in [0.15, 0.2) is 64.8 Å². The first-order valence-electron chi connectivity index (χ1n) is 9.48. The molecule has 2 rings (SSSR count). The molecule has 0 aromatic heterocycles. The average Bonchev–Trinajstić information content (AvgIpc) is 2.71. The molecule has 27 heavy (non-hydrogen) atoms. The van der Waals surface area contributed by atoms with Crippen LogP contribution in [0.2, 0.25) is 0 Å². The molecule has 0 radical (unpaired) electrons. The highest BCUT2D eigenvalue weighted by atomic mass is 32.2. The van der Waals surface area contributed by atoms with Gasteiger partial charge >= 0.3 is 0 Å². The molecule has 4 nitrogen and oxygen atoms in total. The Balaban J connectivity index is 1.70. The van der Waals surface area contributed by atoms with Crippen molar-refractivity contribution in [2.45, 2.75) is 45.0 Å². The van der Waals surface area contributed by atoms with Gasteiger partial charge in [-0.05, 0) is 23.1 Å². The third-order valence-electron chi connectivity index (χ3n) is 3.98. The summed E-state index contributed by atoms with van der Waals surface area (Å²) in [4.78, 5) is 0. The van der Waals surface area contributed by atoms with Crippen LogP contribution in [0, 0.1) is 0 Å². The van der Waals surface area contributed by atoms with Crippen LogP contribution in [0.25, 0.3) is 0 Å². The van der Waals surface area contributed by atoms with Crippen LogP contribution >= 0.6 is 11.8 Å². The van der Waals surface area contributed by atoms with Crippen LogP contribution in [0.1, 0.15) is 49.3 Å². The highest BCUT2D eigenvalue weighted by molar-refractivity contribution is 8.13. The van der Waals surface area contributed by atoms with E-state index in [0.29, 0.717) is 11.8 Å². The molecule has 0 atom stereocenters. The average molecular weight is 384 g/mol. The van der Waals surface area contributed by atoms with Gasteiger partial charge < -0.3 is 10.5 Å². The summed E-state index contributed by atoms with van der Waals surface area (Å²) in [5, 5.41) is 8.58. The molecule has 2 aromatic rings. The zero-order chi connectivity index (χ0) is 19.2. The lowest BCUT2D eigenvalue weighted by Crippen LogP contribution is -2.06. The predicted molar refractivity (Wildman–Crippen MR) is 117 cm³/mol. The van der Waals surface area contributed by atoms with E-state index < -0.39 is 0 Å². The Labute approximate surface area is 166 Å². The van der Waals surface area contributed by atoms with E-state index in [-0.39, 0.29) is 0 Å². The van der Waals surface area contributed by atoms with Gasteiger partial charge in [0.25, 0.3) is 0 Å². The third-order valence-corrected chi connectivity index (χ3v) is 4.84. The van der Waals surface area contributed by atoms with E-state index in [1.54, 1.807) is 6.21 Å². The van der Waals surface area contributed by atoms with Crippen LogP contribution < -0.4 is 5.73 Å². The van der Waals surface area contributed by atoms with Gasteiger partial charge in [0.05, 0.1) is 12.8 Å². The summed E-state index contributed by atoms with van der Waals surface area (Å²) in [5.74, 6) is 0.791. The number of ether oxygens (including phenoxy) is 1. The number of hydrogen-bond acceptors (Lipinski definition) is 4. The quantitative estimate of drug-likeness (QED) is 0.246. The van der Waals surface area contributed by atoms with E-state index >= 15 is 0 Å². The first kappa shape index (κ1) is 21.2. The fourth-order valence-electron chi connectivity index (χ4n) is 2.43. The van der Waals surface area contributed by atoms with Crippen molar-refractivity contribution in [2.75, 3.05) is 6.61 Å². The van der Waals surface area contributed by atoms with Gasteiger partial charge in [-0.15, -0.1) is 5.10 Å². The van der Waals surface area contributed by atoms with Crippen molar-refractivity contribution in [3.05, 3.63) is 71.3 Å². The van der Waals surface area contributed by atoms with E-state index in [9.17, 15) is 0 Å². The summed E-state index contributed by atoms with van der Waals surface area (Å²) in [6.45, 7) is 3.71. The van der Waals surface area contributed by atoms with Gasteiger partial charge in [0.1, 0.15) is 0 Å². The number of nitrogens with zero attached hydrogens (tertiary/aromatic N) is 2. The summed E-state index contributed by atoms with van der Waals surface area (Å²) in [6.07, 6.45) is 6.64. The number of rotatable bonds is 11. The molecule has 144 valence electrons. The van der Waals surface area contributed by atoms with E-state index in [2.05, 4.69) is 41.4 Å². The van der Waals surface area contributed by atoms with Gasteiger partial charge in [0, 0.05) is 12.4 Å². The summed E-state index contributed by atoms with van der Waals surface area (Å²) in [7, 11) is 0. The second-order valence-electron chi connectivity index (χ2n) is 6.31. The highest BCUT2D eigenvalue weighted by Gasteiger charge is 1.97. The monoisotopic (exact) mass is 383 g/mol. The Morgan fingerprint density at radius 1 is 1.00 bits per heavy atom. The van der Waals surface area contributed by atoms with Crippen LogP contribution in [-0.2, 0) is 17.1 Å². The maximum absolute atomic E-state index is 5.89. The zero-order valence-corrected chi connectivity index (χ0v) is 16.8. The molecule has 0 saturated carbocycles. The van der Waals surface area contributed by atoms with Crippen molar-refractivity contribution in [3.8, 4) is 0 Å². The Kier molecular flexibility index (Phi) is 10.3. The first-order valence-corrected chi connectivity index (χ1v) is 10.5. The molecule has 0 saturated heterocycles. The molecule has 0 aliphatic carbocycles. The van der Waals surface area contributed by atoms with E-state index in [4.69, 9.17) is 10.5 Å². The lowest BCUT2D eigenvalue weighted by molar-refractivity contribution is 0.117. The molecular formula is C22H29N3OS. The molecule has 0 aliphatic heterocycles. The molecular weight excluding hydrogens is 354 g/mol. The fourth-order valence-corrected chi connectivity index (χ4v) is 3.05. The van der Waals surface area contributed by atoms with E-state index in [1.807, 2.05) is 30.3 Å². The van der Waals surface area contributed by atoms with Gasteiger partial charge in [0.15, 0.2) is 5.17 Å². The molecule has 0 heterocycles. The van der Waals surface area contributed by atoms with Crippen LogP contribution in [0.5, 0.6) is 0 Å².